The molecule has 24 heavy (non-hydrogen) atoms. The molecule has 0 unspecified atom stereocenters. The van der Waals surface area contributed by atoms with Gasteiger partial charge in [0.1, 0.15) is 11.9 Å². The second-order valence-electron chi connectivity index (χ2n) is 9.57. The van der Waals surface area contributed by atoms with Crippen molar-refractivity contribution in [3.05, 3.63) is 0 Å². The zero-order valence-corrected chi connectivity index (χ0v) is 15.5. The lowest BCUT2D eigenvalue weighted by atomic mass is 9.45. The highest BCUT2D eigenvalue weighted by molar-refractivity contribution is 5.83. The molecule has 4 aliphatic carbocycles. The van der Waals surface area contributed by atoms with E-state index in [4.69, 9.17) is 4.74 Å². The predicted octanol–water partition coefficient (Wildman–Crippen LogP) is 4.53. The fourth-order valence-corrected chi connectivity index (χ4v) is 7.44. The van der Waals surface area contributed by atoms with Gasteiger partial charge in [0.25, 0.3) is 0 Å². The minimum absolute atomic E-state index is 0.0629. The first-order valence-corrected chi connectivity index (χ1v) is 10.1. The van der Waals surface area contributed by atoms with Crippen LogP contribution in [0.4, 0.5) is 0 Å². The molecule has 0 saturated heterocycles. The van der Waals surface area contributed by atoms with E-state index in [-0.39, 0.29) is 22.9 Å². The van der Waals surface area contributed by atoms with E-state index in [1.165, 1.54) is 32.6 Å². The number of carbonyl (C=O) groups is 2. The summed E-state index contributed by atoms with van der Waals surface area (Å²) in [4.78, 5) is 24.5. The van der Waals surface area contributed by atoms with Crippen LogP contribution in [-0.4, -0.2) is 17.9 Å². The molecule has 0 radical (unpaired) electrons. The lowest BCUT2D eigenvalue weighted by Gasteiger charge is -2.59. The van der Waals surface area contributed by atoms with Gasteiger partial charge in [0.05, 0.1) is 0 Å². The molecule has 0 bridgehead atoms. The van der Waals surface area contributed by atoms with Crippen molar-refractivity contribution in [1.29, 1.82) is 0 Å². The van der Waals surface area contributed by atoms with Crippen LogP contribution in [0, 0.1) is 34.5 Å². The monoisotopic (exact) mass is 332 g/mol. The van der Waals surface area contributed by atoms with Gasteiger partial charge in [-0.3, -0.25) is 9.59 Å². The van der Waals surface area contributed by atoms with Crippen molar-refractivity contribution >= 4 is 11.8 Å². The van der Waals surface area contributed by atoms with Gasteiger partial charge in [-0.05, 0) is 61.7 Å². The maximum absolute atomic E-state index is 13.0. The summed E-state index contributed by atoms with van der Waals surface area (Å²) in [5.74, 6) is 2.50. The lowest BCUT2D eigenvalue weighted by molar-refractivity contribution is -0.166. The van der Waals surface area contributed by atoms with Crippen LogP contribution in [0.15, 0.2) is 0 Å². The summed E-state index contributed by atoms with van der Waals surface area (Å²) in [6.45, 7) is 6.28. The van der Waals surface area contributed by atoms with Gasteiger partial charge in [-0.15, -0.1) is 0 Å². The van der Waals surface area contributed by atoms with Crippen LogP contribution in [0.2, 0.25) is 0 Å². The third-order valence-corrected chi connectivity index (χ3v) is 8.59. The Morgan fingerprint density at radius 2 is 1.75 bits per heavy atom. The summed E-state index contributed by atoms with van der Waals surface area (Å²) in [6.07, 6.45) is 10.2. The minimum atomic E-state index is -0.150. The molecule has 4 saturated carbocycles. The molecule has 3 nitrogen and oxygen atoms in total. The van der Waals surface area contributed by atoms with Crippen molar-refractivity contribution in [2.45, 2.75) is 84.7 Å². The Bertz CT molecular complexity index is 555. The number of ketones is 1. The van der Waals surface area contributed by atoms with Crippen LogP contribution in [0.25, 0.3) is 0 Å². The van der Waals surface area contributed by atoms with Crippen LogP contribution in [0.3, 0.4) is 0 Å². The number of fused-ring (bicyclic) bond motifs is 5. The van der Waals surface area contributed by atoms with Gasteiger partial charge in [0.2, 0.25) is 0 Å². The second kappa shape index (κ2) is 5.57. The standard InChI is InChI=1S/C21H32O3/c1-13(22)24-19-8-7-15-14-12-18(23)17-6-4-5-10-20(17,2)16(14)9-11-21(15,19)3/h14-17,19H,4-12H2,1-3H3/t14-,15+,16-,17+,19+,20+,21+/m0/s1. The highest BCUT2D eigenvalue weighted by atomic mass is 16.5. The van der Waals surface area contributed by atoms with Gasteiger partial charge in [-0.2, -0.15) is 0 Å². The lowest BCUT2D eigenvalue weighted by Crippen LogP contribution is -2.56. The Labute approximate surface area is 145 Å². The van der Waals surface area contributed by atoms with Crippen LogP contribution < -0.4 is 0 Å². The number of Topliss-reactive ketones (excluding diaryl/α,β-unsaturated/α-hetero) is 1. The predicted molar refractivity (Wildman–Crippen MR) is 92.3 cm³/mol. The van der Waals surface area contributed by atoms with E-state index >= 15 is 0 Å². The van der Waals surface area contributed by atoms with Crippen LogP contribution in [0.5, 0.6) is 0 Å². The van der Waals surface area contributed by atoms with Gasteiger partial charge >= 0.3 is 5.97 Å². The normalized spacial score (nSPS) is 50.6. The van der Waals surface area contributed by atoms with Crippen molar-refractivity contribution in [3.63, 3.8) is 0 Å². The van der Waals surface area contributed by atoms with Gasteiger partial charge in [0, 0.05) is 24.7 Å². The van der Waals surface area contributed by atoms with E-state index < -0.39 is 0 Å². The highest BCUT2D eigenvalue weighted by Gasteiger charge is 2.62. The summed E-state index contributed by atoms with van der Waals surface area (Å²) >= 11 is 0. The third kappa shape index (κ3) is 2.22. The highest BCUT2D eigenvalue weighted by Crippen LogP contribution is 2.65. The molecule has 0 N–H and O–H groups in total. The smallest absolute Gasteiger partial charge is 0.302 e. The molecule has 0 spiro atoms. The molecule has 3 heteroatoms. The molecule has 4 fully saturated rings. The SMILES string of the molecule is CC(=O)O[C@@H]1CC[C@@H]2[C@@H]3CC(=O)[C@H]4CCCC[C@]4(C)[C@H]3CC[C@]21C. The Hall–Kier alpha value is -0.860. The van der Waals surface area contributed by atoms with Crippen molar-refractivity contribution in [3.8, 4) is 0 Å². The average Bonchev–Trinajstić information content (AvgIpc) is 2.84. The quantitative estimate of drug-likeness (QED) is 0.663. The Balaban J connectivity index is 1.63. The first-order valence-electron chi connectivity index (χ1n) is 10.1. The number of ether oxygens (including phenoxy) is 1. The number of hydrogen-bond acceptors (Lipinski definition) is 3. The zero-order chi connectivity index (χ0) is 17.1. The molecule has 0 heterocycles. The van der Waals surface area contributed by atoms with Crippen molar-refractivity contribution < 1.29 is 14.3 Å². The molecule has 0 aromatic heterocycles. The Morgan fingerprint density at radius 3 is 2.50 bits per heavy atom. The van der Waals surface area contributed by atoms with E-state index in [2.05, 4.69) is 13.8 Å². The van der Waals surface area contributed by atoms with E-state index in [0.717, 1.165) is 32.1 Å². The fourth-order valence-electron chi connectivity index (χ4n) is 7.44. The molecule has 134 valence electrons. The third-order valence-electron chi connectivity index (χ3n) is 8.59. The molecular formula is C21H32O3. The molecule has 0 aromatic carbocycles. The van der Waals surface area contributed by atoms with Crippen molar-refractivity contribution in [1.82, 2.24) is 0 Å². The first kappa shape index (κ1) is 16.6. The van der Waals surface area contributed by atoms with Crippen molar-refractivity contribution in [2.75, 3.05) is 0 Å². The van der Waals surface area contributed by atoms with E-state index in [0.29, 0.717) is 29.5 Å². The van der Waals surface area contributed by atoms with E-state index in [1.807, 2.05) is 0 Å². The second-order valence-corrected chi connectivity index (χ2v) is 9.57. The average molecular weight is 332 g/mol. The molecule has 0 amide bonds. The Morgan fingerprint density at radius 1 is 1.00 bits per heavy atom. The summed E-state index contributed by atoms with van der Waals surface area (Å²) in [5, 5.41) is 0. The summed E-state index contributed by atoms with van der Waals surface area (Å²) in [6, 6.07) is 0. The summed E-state index contributed by atoms with van der Waals surface area (Å²) in [7, 11) is 0. The molecule has 0 aliphatic heterocycles. The Kier molecular flexibility index (Phi) is 3.85. The van der Waals surface area contributed by atoms with Crippen LogP contribution >= 0.6 is 0 Å². The zero-order valence-electron chi connectivity index (χ0n) is 15.5. The molecule has 7 atom stereocenters. The maximum atomic E-state index is 13.0. The topological polar surface area (TPSA) is 43.4 Å². The summed E-state index contributed by atoms with van der Waals surface area (Å²) in [5.41, 5.74) is 0.323. The van der Waals surface area contributed by atoms with E-state index in [9.17, 15) is 9.59 Å². The fraction of sp³-hybridized carbons (Fsp3) is 0.905. The molecule has 0 aromatic rings. The first-order chi connectivity index (χ1) is 11.4. The number of carbonyl (C=O) groups excluding carboxylic acids is 2. The molecular weight excluding hydrogens is 300 g/mol. The van der Waals surface area contributed by atoms with Gasteiger partial charge in [0.15, 0.2) is 0 Å². The van der Waals surface area contributed by atoms with Gasteiger partial charge in [-0.25, -0.2) is 0 Å². The van der Waals surface area contributed by atoms with Gasteiger partial charge in [-0.1, -0.05) is 26.7 Å². The van der Waals surface area contributed by atoms with Crippen molar-refractivity contribution in [2.24, 2.45) is 34.5 Å². The number of esters is 1. The molecule has 4 aliphatic rings. The van der Waals surface area contributed by atoms with E-state index in [1.54, 1.807) is 0 Å². The summed E-state index contributed by atoms with van der Waals surface area (Å²) < 4.78 is 5.70. The number of rotatable bonds is 1. The minimum Gasteiger partial charge on any atom is -0.462 e. The largest absolute Gasteiger partial charge is 0.462 e. The van der Waals surface area contributed by atoms with Crippen LogP contribution in [0.1, 0.15) is 78.6 Å². The maximum Gasteiger partial charge on any atom is 0.302 e. The number of hydrogen-bond donors (Lipinski definition) is 0. The molecule has 4 rings (SSSR count). The van der Waals surface area contributed by atoms with Gasteiger partial charge < -0.3 is 4.74 Å². The van der Waals surface area contributed by atoms with Crippen LogP contribution in [-0.2, 0) is 14.3 Å².